The number of rotatable bonds is 4. The predicted molar refractivity (Wildman–Crippen MR) is 83.6 cm³/mol. The number of para-hydroxylation sites is 1. The van der Waals surface area contributed by atoms with Crippen molar-refractivity contribution in [2.45, 2.75) is 12.8 Å². The first-order valence-electron chi connectivity index (χ1n) is 7.57. The average Bonchev–Trinajstić information content (AvgIpc) is 3.04. The number of hydrogen-bond donors (Lipinski definition) is 4. The molecule has 1 aliphatic rings. The van der Waals surface area contributed by atoms with Gasteiger partial charge in [0, 0.05) is 12.1 Å². The van der Waals surface area contributed by atoms with E-state index in [0.29, 0.717) is 29.4 Å². The Hall–Kier alpha value is -2.34. The summed E-state index contributed by atoms with van der Waals surface area (Å²) >= 11 is 0. The van der Waals surface area contributed by atoms with E-state index < -0.39 is 0 Å². The second-order valence-electron chi connectivity index (χ2n) is 5.59. The van der Waals surface area contributed by atoms with Gasteiger partial charge in [0.2, 0.25) is 0 Å². The maximum atomic E-state index is 12.2. The third-order valence-corrected chi connectivity index (χ3v) is 4.01. The summed E-state index contributed by atoms with van der Waals surface area (Å²) in [5.74, 6) is 0.522. The zero-order chi connectivity index (χ0) is 15.4. The molecule has 0 saturated carbocycles. The Morgan fingerprint density at radius 3 is 2.86 bits per heavy atom. The molecule has 0 aliphatic carbocycles. The zero-order valence-corrected chi connectivity index (χ0v) is 12.3. The van der Waals surface area contributed by atoms with Crippen LogP contribution in [0.4, 0.5) is 0 Å². The topological polar surface area (TPSA) is 90.0 Å². The van der Waals surface area contributed by atoms with Gasteiger partial charge in [-0.1, -0.05) is 12.1 Å². The summed E-state index contributed by atoms with van der Waals surface area (Å²) in [5.41, 5.74) is 1.58. The van der Waals surface area contributed by atoms with Crippen LogP contribution < -0.4 is 10.6 Å². The van der Waals surface area contributed by atoms with E-state index in [1.54, 1.807) is 24.3 Å². The summed E-state index contributed by atoms with van der Waals surface area (Å²) in [6.07, 6.45) is 2.18. The number of nitrogens with zero attached hydrogens (tertiary/aromatic N) is 1. The maximum absolute atomic E-state index is 12.2. The van der Waals surface area contributed by atoms with Crippen molar-refractivity contribution in [3.05, 3.63) is 36.0 Å². The quantitative estimate of drug-likeness (QED) is 0.689. The largest absolute Gasteiger partial charge is 0.507 e. The number of piperidine rings is 1. The van der Waals surface area contributed by atoms with Gasteiger partial charge in [0.1, 0.15) is 11.4 Å². The number of phenolic OH excluding ortho intramolecular Hbond substituents is 1. The third-order valence-electron chi connectivity index (χ3n) is 4.01. The Morgan fingerprint density at radius 2 is 2.09 bits per heavy atom. The molecule has 2 heterocycles. The van der Waals surface area contributed by atoms with E-state index >= 15 is 0 Å². The molecule has 4 N–H and O–H groups in total. The van der Waals surface area contributed by atoms with Crippen LogP contribution in [0.25, 0.3) is 11.3 Å². The van der Waals surface area contributed by atoms with Gasteiger partial charge in [0.05, 0.1) is 5.69 Å². The molecular weight excluding hydrogens is 280 g/mol. The van der Waals surface area contributed by atoms with Crippen LogP contribution >= 0.6 is 0 Å². The molecule has 3 rings (SSSR count). The van der Waals surface area contributed by atoms with E-state index in [2.05, 4.69) is 20.8 Å². The first-order chi connectivity index (χ1) is 10.7. The highest BCUT2D eigenvalue weighted by atomic mass is 16.3. The van der Waals surface area contributed by atoms with Crippen molar-refractivity contribution >= 4 is 5.91 Å². The highest BCUT2D eigenvalue weighted by Crippen LogP contribution is 2.27. The zero-order valence-electron chi connectivity index (χ0n) is 12.3. The fourth-order valence-electron chi connectivity index (χ4n) is 2.68. The maximum Gasteiger partial charge on any atom is 0.269 e. The van der Waals surface area contributed by atoms with Crippen LogP contribution in [0.3, 0.4) is 0 Å². The number of carbonyl (C=O) groups excluding carboxylic acids is 1. The molecule has 0 atom stereocenters. The Labute approximate surface area is 128 Å². The number of amides is 1. The van der Waals surface area contributed by atoms with Crippen molar-refractivity contribution in [2.24, 2.45) is 5.92 Å². The normalized spacial score (nSPS) is 15.6. The molecule has 0 bridgehead atoms. The molecule has 1 fully saturated rings. The Balaban J connectivity index is 1.63. The standard InChI is InChI=1S/C16H20N4O2/c21-15-4-2-1-3-12(15)13-9-14(20-19-13)16(22)18-10-11-5-7-17-8-6-11/h1-4,9,11,17,21H,5-8,10H2,(H,18,22)(H,19,20). The van der Waals surface area contributed by atoms with Crippen LogP contribution in [-0.4, -0.2) is 40.8 Å². The number of hydrogen-bond acceptors (Lipinski definition) is 4. The third kappa shape index (κ3) is 3.28. The van der Waals surface area contributed by atoms with Crippen molar-refractivity contribution in [2.75, 3.05) is 19.6 Å². The average molecular weight is 300 g/mol. The van der Waals surface area contributed by atoms with Gasteiger partial charge < -0.3 is 15.7 Å². The number of aromatic hydroxyl groups is 1. The molecule has 1 aromatic heterocycles. The van der Waals surface area contributed by atoms with E-state index in [-0.39, 0.29) is 11.7 Å². The molecule has 1 aromatic carbocycles. The van der Waals surface area contributed by atoms with Crippen molar-refractivity contribution in [1.82, 2.24) is 20.8 Å². The summed E-state index contributed by atoms with van der Waals surface area (Å²) in [5, 5.41) is 22.9. The van der Waals surface area contributed by atoms with Gasteiger partial charge in [-0.3, -0.25) is 9.89 Å². The van der Waals surface area contributed by atoms with Crippen LogP contribution in [0.15, 0.2) is 30.3 Å². The lowest BCUT2D eigenvalue weighted by molar-refractivity contribution is 0.0939. The molecule has 6 heteroatoms. The number of nitrogens with one attached hydrogen (secondary N) is 3. The minimum atomic E-state index is -0.160. The lowest BCUT2D eigenvalue weighted by Crippen LogP contribution is -2.36. The number of phenols is 1. The molecule has 1 amide bonds. The molecule has 0 radical (unpaired) electrons. The fraction of sp³-hybridized carbons (Fsp3) is 0.375. The van der Waals surface area contributed by atoms with Gasteiger partial charge in [0.25, 0.3) is 5.91 Å². The van der Waals surface area contributed by atoms with E-state index in [1.165, 1.54) is 0 Å². The van der Waals surface area contributed by atoms with Gasteiger partial charge in [0.15, 0.2) is 0 Å². The lowest BCUT2D eigenvalue weighted by Gasteiger charge is -2.22. The Morgan fingerprint density at radius 1 is 1.32 bits per heavy atom. The number of aromatic nitrogens is 2. The van der Waals surface area contributed by atoms with Crippen molar-refractivity contribution < 1.29 is 9.90 Å². The lowest BCUT2D eigenvalue weighted by atomic mass is 9.98. The number of aromatic amines is 1. The van der Waals surface area contributed by atoms with Gasteiger partial charge in [-0.25, -0.2) is 0 Å². The van der Waals surface area contributed by atoms with Gasteiger partial charge in [-0.2, -0.15) is 5.10 Å². The summed E-state index contributed by atoms with van der Waals surface area (Å²) in [4.78, 5) is 12.2. The summed E-state index contributed by atoms with van der Waals surface area (Å²) in [7, 11) is 0. The molecule has 2 aromatic rings. The van der Waals surface area contributed by atoms with Crippen LogP contribution in [0, 0.1) is 5.92 Å². The Kier molecular flexibility index (Phi) is 4.39. The second-order valence-corrected chi connectivity index (χ2v) is 5.59. The summed E-state index contributed by atoms with van der Waals surface area (Å²) in [6.45, 7) is 2.72. The van der Waals surface area contributed by atoms with E-state index in [4.69, 9.17) is 0 Å². The highest BCUT2D eigenvalue weighted by molar-refractivity contribution is 5.93. The van der Waals surface area contributed by atoms with Crippen LogP contribution in [-0.2, 0) is 0 Å². The first kappa shape index (κ1) is 14.6. The number of carbonyl (C=O) groups is 1. The number of benzene rings is 1. The van der Waals surface area contributed by atoms with Gasteiger partial charge in [-0.15, -0.1) is 0 Å². The molecular formula is C16H20N4O2. The molecule has 1 aliphatic heterocycles. The molecule has 0 unspecified atom stereocenters. The van der Waals surface area contributed by atoms with Crippen LogP contribution in [0.5, 0.6) is 5.75 Å². The summed E-state index contributed by atoms with van der Waals surface area (Å²) in [6, 6.07) is 8.59. The monoisotopic (exact) mass is 300 g/mol. The Bertz CT molecular complexity index is 647. The smallest absolute Gasteiger partial charge is 0.269 e. The van der Waals surface area contributed by atoms with E-state index in [1.807, 2.05) is 6.07 Å². The van der Waals surface area contributed by atoms with E-state index in [9.17, 15) is 9.90 Å². The van der Waals surface area contributed by atoms with Gasteiger partial charge >= 0.3 is 0 Å². The van der Waals surface area contributed by atoms with Crippen LogP contribution in [0.2, 0.25) is 0 Å². The highest BCUT2D eigenvalue weighted by Gasteiger charge is 2.16. The molecule has 6 nitrogen and oxygen atoms in total. The first-order valence-corrected chi connectivity index (χ1v) is 7.57. The summed E-state index contributed by atoms with van der Waals surface area (Å²) < 4.78 is 0. The number of H-pyrrole nitrogens is 1. The molecule has 0 spiro atoms. The van der Waals surface area contributed by atoms with Crippen LogP contribution in [0.1, 0.15) is 23.3 Å². The minimum absolute atomic E-state index is 0.149. The minimum Gasteiger partial charge on any atom is -0.507 e. The molecule has 1 saturated heterocycles. The SMILES string of the molecule is O=C(NCC1CCNCC1)c1cc(-c2ccccc2O)n[nH]1. The molecule has 116 valence electrons. The molecule has 22 heavy (non-hydrogen) atoms. The van der Waals surface area contributed by atoms with Crippen molar-refractivity contribution in [3.8, 4) is 17.0 Å². The van der Waals surface area contributed by atoms with Crippen molar-refractivity contribution in [3.63, 3.8) is 0 Å². The van der Waals surface area contributed by atoms with Crippen molar-refractivity contribution in [1.29, 1.82) is 0 Å². The van der Waals surface area contributed by atoms with Gasteiger partial charge in [-0.05, 0) is 50.0 Å². The predicted octanol–water partition coefficient (Wildman–Crippen LogP) is 1.51. The van der Waals surface area contributed by atoms with E-state index in [0.717, 1.165) is 25.9 Å². The second kappa shape index (κ2) is 6.62. The fourth-order valence-corrected chi connectivity index (χ4v) is 2.68.